The Kier molecular flexibility index (Phi) is 20.6. The second kappa shape index (κ2) is 25.0. The van der Waals surface area contributed by atoms with Crippen LogP contribution in [0.15, 0.2) is 46.4 Å². The zero-order valence-corrected chi connectivity index (χ0v) is 41.1. The van der Waals surface area contributed by atoms with E-state index in [9.17, 15) is 0 Å². The Labute approximate surface area is 428 Å². The van der Waals surface area contributed by atoms with Crippen molar-refractivity contribution in [3.8, 4) is 0 Å². The smallest absolute Gasteiger partial charge is 0.740 e. The van der Waals surface area contributed by atoms with E-state index in [1.54, 1.807) is 0 Å². The molecule has 0 bridgehead atoms. The second-order valence-electron chi connectivity index (χ2n) is 7.50. The molecule has 0 atom stereocenters. The summed E-state index contributed by atoms with van der Waals surface area (Å²) in [4.78, 5) is 69.5. The largest absolute Gasteiger partial charge is 1.00 e. The molecule has 264 valence electrons. The molecule has 22 nitrogen and oxygen atoms in total. The molecule has 0 spiro atoms. The molecular weight excluding hydrogens is 963 g/mol. The van der Waals surface area contributed by atoms with Crippen molar-refractivity contribution in [2.75, 3.05) is 22.9 Å². The molecule has 0 unspecified atom stereocenters. The van der Waals surface area contributed by atoms with Crippen LogP contribution in [0.3, 0.4) is 0 Å². The Morgan fingerprint density at radius 1 is 0.333 bits per heavy atom. The van der Waals surface area contributed by atoms with Crippen molar-refractivity contribution in [3.63, 3.8) is 0 Å². The Hall–Kier alpha value is -0.580. The molecule has 0 fully saturated rings. The normalized spacial score (nSPS) is 10.6. The number of nitrogens with two attached hydrogens (primary N) is 4. The van der Waals surface area contributed by atoms with Crippen molar-refractivity contribution < 1.29 is 94.3 Å². The number of halogens is 5. The standard InChI is InChI=1S/C12H6Cl3N15S3.C3H2Cl2N4.C3H3N3S3.3Na/c13-1-19-4(16)25-7(22-1)31-10-28-11(32-8-23-2(14)20-5(17)26-8)30-12(29-10)33-9-24-3(15)21-6(18)27-9;4-1-7-2(5)9-3(6)8-1;7-1-4-2(8)6-3(9)5-1;;;/h(H2,16,19,22,25)(H2,17,20,23,26)(H2,18,21,24,27);(H2,6,7,8,9);(H3,4,5,6,7,8,9);;;/q;;;3*+1/p-3/i/hD4. The minimum absolute atomic E-state index is 0. The molecular formula is C18H8Cl5N22Na3S6. The van der Waals surface area contributed by atoms with Crippen LogP contribution in [0.4, 0.5) is 23.8 Å². The van der Waals surface area contributed by atoms with Crippen molar-refractivity contribution in [1.29, 1.82) is 0 Å². The zero-order chi connectivity index (χ0) is 40.1. The molecule has 0 saturated carbocycles. The SMILES string of the molecule is [2H]Nc1nc(Cl)nc(Cl)n1.[2H]Nc1nc(Cl)nc(Sc2nc(Sc3nc(Cl)nc(N[2H])n3)nc(Sc3nc(Cl)nc(N[2H])n3)n2)n1.[Na+].[Na+].[Na+].[S-]c1nc([S-])nc([S-])n1. The number of rotatable bonds is 10. The fourth-order valence-corrected chi connectivity index (χ4v) is 6.42. The molecule has 0 amide bonds. The molecule has 0 aliphatic heterocycles. The van der Waals surface area contributed by atoms with Crippen LogP contribution in [-0.4, -0.2) is 89.7 Å². The van der Waals surface area contributed by atoms with Gasteiger partial charge in [0.1, 0.15) is 0 Å². The molecule has 54 heavy (non-hydrogen) atoms. The van der Waals surface area contributed by atoms with E-state index in [1.165, 1.54) is 0 Å². The van der Waals surface area contributed by atoms with Gasteiger partial charge in [0.25, 0.3) is 0 Å². The van der Waals surface area contributed by atoms with Gasteiger partial charge < -0.3 is 60.8 Å². The van der Waals surface area contributed by atoms with Gasteiger partial charge in [-0.1, -0.05) is 0 Å². The predicted octanol–water partition coefficient (Wildman–Crippen LogP) is -7.05. The maximum absolute atomic E-state index is 7.22. The van der Waals surface area contributed by atoms with Gasteiger partial charge in [-0.25, -0.2) is 0 Å². The fourth-order valence-electron chi connectivity index (χ4n) is 2.48. The van der Waals surface area contributed by atoms with E-state index in [1.807, 2.05) is 22.9 Å². The van der Waals surface area contributed by atoms with E-state index >= 15 is 0 Å². The summed E-state index contributed by atoms with van der Waals surface area (Å²) in [5, 5.41) is 0.623. The number of hydrogen-bond donors (Lipinski definition) is 4. The first-order chi connectivity index (χ1) is 26.2. The zero-order valence-electron chi connectivity index (χ0n) is 30.4. The molecule has 6 aromatic heterocycles. The Morgan fingerprint density at radius 3 is 0.815 bits per heavy atom. The van der Waals surface area contributed by atoms with Gasteiger partial charge in [0.2, 0.25) is 65.7 Å². The fraction of sp³-hybridized carbons (Fsp3) is 0. The Morgan fingerprint density at radius 2 is 0.556 bits per heavy atom. The molecule has 8 N–H and O–H groups in total. The summed E-state index contributed by atoms with van der Waals surface area (Å²) < 4.78 is 28.3. The van der Waals surface area contributed by atoms with Gasteiger partial charge in [-0.15, -0.1) is 0 Å². The van der Waals surface area contributed by atoms with Gasteiger partial charge in [-0.05, 0) is 93.3 Å². The summed E-state index contributed by atoms with van der Waals surface area (Å²) >= 11 is 44.9. The average Bonchev–Trinajstić information content (AvgIpc) is 3.10. The van der Waals surface area contributed by atoms with E-state index in [2.05, 4.69) is 128 Å². The first-order valence-electron chi connectivity index (χ1n) is 13.8. The predicted molar refractivity (Wildman–Crippen MR) is 191 cm³/mol. The van der Waals surface area contributed by atoms with Crippen molar-refractivity contribution in [2.24, 2.45) is 0 Å². The maximum atomic E-state index is 7.22. The van der Waals surface area contributed by atoms with Crippen LogP contribution in [0.2, 0.25) is 32.1 Å². The molecule has 36 heteroatoms. The van der Waals surface area contributed by atoms with Gasteiger partial charge in [-0.2, -0.15) is 74.8 Å². The third-order valence-electron chi connectivity index (χ3n) is 4.04. The Balaban J connectivity index is 0.000000628. The van der Waals surface area contributed by atoms with E-state index < -0.39 is 0 Å². The van der Waals surface area contributed by atoms with E-state index in [0.29, 0.717) is 0 Å². The van der Waals surface area contributed by atoms with Crippen LogP contribution in [0.5, 0.6) is 0 Å². The monoisotopic (exact) mass is 972 g/mol. The summed E-state index contributed by atoms with van der Waals surface area (Å²) in [6.45, 7) is 0. The van der Waals surface area contributed by atoms with Crippen LogP contribution in [0.1, 0.15) is 0 Å². The minimum atomic E-state index is -0.147. The van der Waals surface area contributed by atoms with Crippen LogP contribution in [0.25, 0.3) is 0 Å². The second-order valence-corrected chi connectivity index (χ2v) is 13.1. The number of nitrogens with zero attached hydrogens (tertiary/aromatic N) is 18. The number of nitrogen functional groups attached to an aromatic ring is 4. The topological polar surface area (TPSA) is 336 Å². The molecule has 0 aliphatic rings. The number of anilines is 4. The third kappa shape index (κ3) is 18.8. The van der Waals surface area contributed by atoms with Crippen LogP contribution < -0.4 is 112 Å². The van der Waals surface area contributed by atoms with Crippen LogP contribution >= 0.6 is 93.3 Å². The van der Waals surface area contributed by atoms with Gasteiger partial charge in [0, 0.05) is 15.5 Å². The maximum Gasteiger partial charge on any atom is 1.00 e. The molecule has 0 saturated heterocycles. The van der Waals surface area contributed by atoms with E-state index in [-0.39, 0.29) is 185 Å². The van der Waals surface area contributed by atoms with Crippen molar-refractivity contribution >= 4 is 155 Å². The van der Waals surface area contributed by atoms with Gasteiger partial charge in [0.05, 0.1) is 0 Å². The first kappa shape index (κ1) is 44.5. The quantitative estimate of drug-likeness (QED) is 0.0732. The van der Waals surface area contributed by atoms with Gasteiger partial charge in [0.15, 0.2) is 21.1 Å². The van der Waals surface area contributed by atoms with E-state index in [0.717, 1.165) is 35.3 Å². The number of hydrogen-bond acceptors (Lipinski definition) is 28. The summed E-state index contributed by atoms with van der Waals surface area (Å²) in [5.41, 5.74) is 8.02. The van der Waals surface area contributed by atoms with Gasteiger partial charge >= 0.3 is 88.7 Å². The molecule has 0 aliphatic carbocycles. The van der Waals surface area contributed by atoms with Crippen LogP contribution in [0, 0.1) is 0 Å². The van der Waals surface area contributed by atoms with Crippen molar-refractivity contribution in [1.82, 2.24) is 89.7 Å². The summed E-state index contributed by atoms with van der Waals surface area (Å²) in [6, 6.07) is 0. The number of aromatic nitrogens is 18. The first-order valence-corrected chi connectivity index (χ1v) is 17.4. The average molecular weight is 975 g/mol. The molecule has 6 rings (SSSR count). The van der Waals surface area contributed by atoms with Crippen molar-refractivity contribution in [3.05, 3.63) is 26.4 Å². The summed E-state index contributed by atoms with van der Waals surface area (Å²) in [5.74, 6) is -0.214. The third-order valence-corrected chi connectivity index (χ3v) is 7.62. The summed E-state index contributed by atoms with van der Waals surface area (Å²) in [6.07, 6.45) is 0. The van der Waals surface area contributed by atoms with E-state index in [4.69, 9.17) is 63.7 Å². The molecule has 6 aromatic rings. The molecule has 6 heterocycles. The van der Waals surface area contributed by atoms with Crippen LogP contribution in [-0.2, 0) is 37.9 Å². The molecule has 0 aromatic carbocycles. The Bertz CT molecular complexity index is 2040. The molecule has 0 radical (unpaired) electrons. The minimum Gasteiger partial charge on any atom is -0.740 e. The summed E-state index contributed by atoms with van der Waals surface area (Å²) in [7, 11) is 0. The van der Waals surface area contributed by atoms with Gasteiger partial charge in [-0.3, -0.25) is 15.0 Å². The van der Waals surface area contributed by atoms with Crippen molar-refractivity contribution in [2.45, 2.75) is 46.4 Å².